The van der Waals surface area contributed by atoms with E-state index in [0.29, 0.717) is 11.0 Å². The van der Waals surface area contributed by atoms with Crippen molar-refractivity contribution in [1.29, 1.82) is 0 Å². The first-order chi connectivity index (χ1) is 9.15. The van der Waals surface area contributed by atoms with Gasteiger partial charge in [0.15, 0.2) is 0 Å². The van der Waals surface area contributed by atoms with Crippen LogP contribution >= 0.6 is 27.7 Å². The van der Waals surface area contributed by atoms with Crippen LogP contribution in [0.2, 0.25) is 0 Å². The summed E-state index contributed by atoms with van der Waals surface area (Å²) >= 11 is 5.24. The Kier molecular flexibility index (Phi) is 5.73. The standard InChI is InChI=1S/C14H19BrN2OS/c1-10-2-3-11(8-13(10)15)17-14(18)9-19-12-4-6-16-7-5-12/h2-3,8,12,16H,4-7,9H2,1H3,(H,17,18). The summed E-state index contributed by atoms with van der Waals surface area (Å²) in [6, 6.07) is 5.88. The molecule has 1 aromatic rings. The monoisotopic (exact) mass is 342 g/mol. The lowest BCUT2D eigenvalue weighted by Gasteiger charge is -2.21. The number of amides is 1. The van der Waals surface area contributed by atoms with E-state index in [-0.39, 0.29) is 5.91 Å². The van der Waals surface area contributed by atoms with Gasteiger partial charge in [-0.2, -0.15) is 0 Å². The highest BCUT2D eigenvalue weighted by atomic mass is 79.9. The van der Waals surface area contributed by atoms with Crippen molar-refractivity contribution in [3.8, 4) is 0 Å². The van der Waals surface area contributed by atoms with E-state index >= 15 is 0 Å². The maximum Gasteiger partial charge on any atom is 0.234 e. The second kappa shape index (κ2) is 7.31. The fourth-order valence-corrected chi connectivity index (χ4v) is 3.43. The maximum absolute atomic E-state index is 11.9. The molecule has 1 heterocycles. The van der Waals surface area contributed by atoms with Crippen molar-refractivity contribution in [2.24, 2.45) is 0 Å². The molecule has 1 aliphatic heterocycles. The predicted octanol–water partition coefficient (Wildman–Crippen LogP) is 3.18. The summed E-state index contributed by atoms with van der Waals surface area (Å²) in [7, 11) is 0. The van der Waals surface area contributed by atoms with Gasteiger partial charge >= 0.3 is 0 Å². The molecule has 0 saturated carbocycles. The number of anilines is 1. The number of piperidine rings is 1. The van der Waals surface area contributed by atoms with Gasteiger partial charge in [0, 0.05) is 15.4 Å². The average Bonchev–Trinajstić information content (AvgIpc) is 2.42. The largest absolute Gasteiger partial charge is 0.325 e. The molecular weight excluding hydrogens is 324 g/mol. The molecule has 1 amide bonds. The SMILES string of the molecule is Cc1ccc(NC(=O)CSC2CCNCC2)cc1Br. The Hall–Kier alpha value is -0.520. The number of nitrogens with one attached hydrogen (secondary N) is 2. The fraction of sp³-hybridized carbons (Fsp3) is 0.500. The molecule has 0 radical (unpaired) electrons. The third-order valence-electron chi connectivity index (χ3n) is 3.19. The summed E-state index contributed by atoms with van der Waals surface area (Å²) < 4.78 is 1.02. The minimum absolute atomic E-state index is 0.0827. The van der Waals surface area contributed by atoms with Crippen LogP contribution in [0.4, 0.5) is 5.69 Å². The zero-order chi connectivity index (χ0) is 13.7. The van der Waals surface area contributed by atoms with Crippen LogP contribution in [0.25, 0.3) is 0 Å². The van der Waals surface area contributed by atoms with Crippen LogP contribution in [0.1, 0.15) is 18.4 Å². The van der Waals surface area contributed by atoms with E-state index in [0.717, 1.165) is 36.1 Å². The Bertz CT molecular complexity index is 447. The third-order valence-corrected chi connectivity index (χ3v) is 5.42. The van der Waals surface area contributed by atoms with Crippen LogP contribution in [0.5, 0.6) is 0 Å². The second-order valence-corrected chi connectivity index (χ2v) is 6.92. The van der Waals surface area contributed by atoms with Crippen LogP contribution in [-0.2, 0) is 4.79 Å². The number of rotatable bonds is 4. The van der Waals surface area contributed by atoms with Crippen molar-refractivity contribution in [1.82, 2.24) is 5.32 Å². The van der Waals surface area contributed by atoms with Crippen molar-refractivity contribution < 1.29 is 4.79 Å². The highest BCUT2D eigenvalue weighted by Gasteiger charge is 2.15. The third kappa shape index (κ3) is 4.82. The van der Waals surface area contributed by atoms with E-state index in [1.807, 2.05) is 25.1 Å². The summed E-state index contributed by atoms with van der Waals surface area (Å²) in [5.41, 5.74) is 2.02. The maximum atomic E-state index is 11.9. The van der Waals surface area contributed by atoms with Crippen LogP contribution in [0, 0.1) is 6.92 Å². The van der Waals surface area contributed by atoms with Gasteiger partial charge in [0.1, 0.15) is 0 Å². The topological polar surface area (TPSA) is 41.1 Å². The van der Waals surface area contributed by atoms with Gasteiger partial charge in [-0.1, -0.05) is 22.0 Å². The Balaban J connectivity index is 1.78. The van der Waals surface area contributed by atoms with Gasteiger partial charge in [0.2, 0.25) is 5.91 Å². The fourth-order valence-electron chi connectivity index (χ4n) is 2.02. The summed E-state index contributed by atoms with van der Waals surface area (Å²) in [6.45, 7) is 4.18. The Morgan fingerprint density at radius 2 is 2.21 bits per heavy atom. The molecule has 0 bridgehead atoms. The molecule has 0 aromatic heterocycles. The molecule has 5 heteroatoms. The van der Waals surface area contributed by atoms with Gasteiger partial charge in [0.05, 0.1) is 5.75 Å². The summed E-state index contributed by atoms with van der Waals surface area (Å²) in [6.07, 6.45) is 2.32. The zero-order valence-corrected chi connectivity index (χ0v) is 13.4. The molecule has 1 aliphatic rings. The molecule has 2 rings (SSSR count). The quantitative estimate of drug-likeness (QED) is 0.882. The van der Waals surface area contributed by atoms with E-state index in [9.17, 15) is 4.79 Å². The summed E-state index contributed by atoms with van der Waals surface area (Å²) in [5.74, 6) is 0.621. The van der Waals surface area contributed by atoms with E-state index in [1.54, 1.807) is 11.8 Å². The van der Waals surface area contributed by atoms with Gasteiger partial charge in [-0.3, -0.25) is 4.79 Å². The van der Waals surface area contributed by atoms with Crippen molar-refractivity contribution in [2.75, 3.05) is 24.2 Å². The molecule has 104 valence electrons. The Morgan fingerprint density at radius 3 is 2.89 bits per heavy atom. The summed E-state index contributed by atoms with van der Waals surface area (Å²) in [5, 5.41) is 6.90. The summed E-state index contributed by atoms with van der Waals surface area (Å²) in [4.78, 5) is 11.9. The number of benzene rings is 1. The number of hydrogen-bond donors (Lipinski definition) is 2. The molecule has 19 heavy (non-hydrogen) atoms. The normalized spacial score (nSPS) is 16.3. The molecule has 3 nitrogen and oxygen atoms in total. The second-order valence-electron chi connectivity index (χ2n) is 4.77. The average molecular weight is 343 g/mol. The predicted molar refractivity (Wildman–Crippen MR) is 85.9 cm³/mol. The minimum Gasteiger partial charge on any atom is -0.325 e. The van der Waals surface area contributed by atoms with E-state index < -0.39 is 0 Å². The highest BCUT2D eigenvalue weighted by Crippen LogP contribution is 2.22. The molecule has 2 N–H and O–H groups in total. The van der Waals surface area contributed by atoms with Crippen LogP contribution in [0.3, 0.4) is 0 Å². The van der Waals surface area contributed by atoms with Gasteiger partial charge in [-0.15, -0.1) is 11.8 Å². The molecule has 0 atom stereocenters. The van der Waals surface area contributed by atoms with Crippen LogP contribution < -0.4 is 10.6 Å². The van der Waals surface area contributed by atoms with Gasteiger partial charge in [-0.25, -0.2) is 0 Å². The lowest BCUT2D eigenvalue weighted by atomic mass is 10.2. The first-order valence-electron chi connectivity index (χ1n) is 6.53. The number of halogens is 1. The lowest BCUT2D eigenvalue weighted by Crippen LogP contribution is -2.30. The molecule has 1 aromatic carbocycles. The zero-order valence-electron chi connectivity index (χ0n) is 11.0. The number of carbonyl (C=O) groups is 1. The number of aryl methyl sites for hydroxylation is 1. The van der Waals surface area contributed by atoms with Crippen LogP contribution in [-0.4, -0.2) is 30.0 Å². The van der Waals surface area contributed by atoms with Gasteiger partial charge in [-0.05, 0) is 50.6 Å². The molecule has 0 spiro atoms. The number of thioether (sulfide) groups is 1. The van der Waals surface area contributed by atoms with Gasteiger partial charge in [0.25, 0.3) is 0 Å². The number of carbonyl (C=O) groups excluding carboxylic acids is 1. The van der Waals surface area contributed by atoms with Crippen molar-refractivity contribution in [3.63, 3.8) is 0 Å². The first kappa shape index (κ1) is 14.9. The van der Waals surface area contributed by atoms with Crippen molar-refractivity contribution >= 4 is 39.3 Å². The molecule has 1 saturated heterocycles. The lowest BCUT2D eigenvalue weighted by molar-refractivity contribution is -0.113. The molecule has 0 aliphatic carbocycles. The Morgan fingerprint density at radius 1 is 1.47 bits per heavy atom. The molecule has 1 fully saturated rings. The minimum atomic E-state index is 0.0827. The van der Waals surface area contributed by atoms with Crippen molar-refractivity contribution in [2.45, 2.75) is 25.0 Å². The molecule has 0 unspecified atom stereocenters. The van der Waals surface area contributed by atoms with Crippen molar-refractivity contribution in [3.05, 3.63) is 28.2 Å². The molecular formula is C14H19BrN2OS. The van der Waals surface area contributed by atoms with E-state index in [4.69, 9.17) is 0 Å². The first-order valence-corrected chi connectivity index (χ1v) is 8.37. The Labute approximate surface area is 127 Å². The van der Waals surface area contributed by atoms with E-state index in [1.165, 1.54) is 5.56 Å². The van der Waals surface area contributed by atoms with E-state index in [2.05, 4.69) is 26.6 Å². The van der Waals surface area contributed by atoms with Crippen LogP contribution in [0.15, 0.2) is 22.7 Å². The highest BCUT2D eigenvalue weighted by molar-refractivity contribution is 9.10. The smallest absolute Gasteiger partial charge is 0.234 e. The number of hydrogen-bond acceptors (Lipinski definition) is 3. The van der Waals surface area contributed by atoms with Gasteiger partial charge < -0.3 is 10.6 Å².